The molecule has 0 aromatic heterocycles. The Kier molecular flexibility index (Phi) is 27.8. The van der Waals surface area contributed by atoms with Crippen LogP contribution in [0.5, 0.6) is 0 Å². The fourth-order valence-corrected chi connectivity index (χ4v) is 7.81. The van der Waals surface area contributed by atoms with E-state index in [1.807, 2.05) is 6.92 Å². The summed E-state index contributed by atoms with van der Waals surface area (Å²) in [7, 11) is 2.88. The minimum atomic E-state index is -1.62. The Morgan fingerprint density at radius 2 is 1.28 bits per heavy atom. The average Bonchev–Trinajstić information content (AvgIpc) is 3.81. The molecule has 1 heterocycles. The molecule has 0 radical (unpaired) electrons. The van der Waals surface area contributed by atoms with E-state index in [1.54, 1.807) is 48.5 Å². The molecule has 0 aliphatic carbocycles. The van der Waals surface area contributed by atoms with Crippen LogP contribution < -0.4 is 48.7 Å². The molecule has 24 nitrogen and oxygen atoms in total. The van der Waals surface area contributed by atoms with Gasteiger partial charge in [-0.15, -0.1) is 0 Å². The van der Waals surface area contributed by atoms with Crippen LogP contribution in [0.2, 0.25) is 0 Å². The minimum absolute atomic E-state index is 0.0877. The molecule has 24 heteroatoms. The van der Waals surface area contributed by atoms with E-state index in [0.29, 0.717) is 51.6 Å². The standard InChI is InChI=1S/C47H85N13O11/c1-13-19-31(40(65)56-38(28(8)15-3)46(71)59(12)33(20-17-22-51-47(48)49)45(70)60-23-18-21-32(60)41(66)50-16-4)53-44(69)39(29(9)61)57-43(68)37(27(7)14-2)55-42(67)36(26(5)6)54-34(63)24-52-35(64)25-58(11)30(10)62/h26-29,31-33,36-39,61H,13-25H2,1-12H3,(H,50,66)(H,52,64)(H,53,69)(H,54,63)(H,55,67)(H,56,65)(H,57,68)(H4,48,49,51)/t27-,28-,29+,31-,32-,33-,36-,37+,38-,39-/m0/s1. The summed E-state index contributed by atoms with van der Waals surface area (Å²) in [5.41, 5.74) is 11.1. The lowest BCUT2D eigenvalue weighted by molar-refractivity contribution is -0.149. The Hall–Kier alpha value is -6.07. The van der Waals surface area contributed by atoms with Crippen LogP contribution in [0.1, 0.15) is 121 Å². The summed E-state index contributed by atoms with van der Waals surface area (Å²) in [6, 6.07) is -8.25. The third-order valence-electron chi connectivity index (χ3n) is 12.7. The largest absolute Gasteiger partial charge is 0.391 e. The summed E-state index contributed by atoms with van der Waals surface area (Å²) >= 11 is 0. The number of nitrogens with two attached hydrogens (primary N) is 2. The molecular formula is C47H85N13O11. The van der Waals surface area contributed by atoms with Crippen molar-refractivity contribution in [2.45, 2.75) is 169 Å². The van der Waals surface area contributed by atoms with Gasteiger partial charge in [0.15, 0.2) is 5.96 Å². The van der Waals surface area contributed by atoms with Crippen LogP contribution >= 0.6 is 0 Å². The summed E-state index contributed by atoms with van der Waals surface area (Å²) < 4.78 is 0. The first kappa shape index (κ1) is 62.9. The zero-order chi connectivity index (χ0) is 54.3. The van der Waals surface area contributed by atoms with Gasteiger partial charge in [-0.1, -0.05) is 67.7 Å². The third-order valence-corrected chi connectivity index (χ3v) is 12.7. The number of carbonyl (C=O) groups excluding carboxylic acids is 10. The van der Waals surface area contributed by atoms with Crippen LogP contribution in [0, 0.1) is 17.8 Å². The maximum Gasteiger partial charge on any atom is 0.246 e. The highest BCUT2D eigenvalue weighted by atomic mass is 16.3. The predicted molar refractivity (Wildman–Crippen MR) is 266 cm³/mol. The molecule has 12 N–H and O–H groups in total. The van der Waals surface area contributed by atoms with Crippen molar-refractivity contribution in [3.63, 3.8) is 0 Å². The van der Waals surface area contributed by atoms with Gasteiger partial charge in [0, 0.05) is 40.7 Å². The number of aliphatic hydroxyl groups excluding tert-OH is 1. The normalized spacial score (nSPS) is 17.0. The van der Waals surface area contributed by atoms with E-state index >= 15 is 0 Å². The summed E-state index contributed by atoms with van der Waals surface area (Å²) in [6.07, 6.45) is 1.28. The van der Waals surface area contributed by atoms with Crippen molar-refractivity contribution < 1.29 is 53.1 Å². The highest BCUT2D eigenvalue weighted by Gasteiger charge is 2.42. The van der Waals surface area contributed by atoms with E-state index in [4.69, 9.17) is 11.5 Å². The van der Waals surface area contributed by atoms with Crippen molar-refractivity contribution in [2.75, 3.05) is 46.8 Å². The van der Waals surface area contributed by atoms with Gasteiger partial charge in [-0.25, -0.2) is 0 Å². The topological polar surface area (TPSA) is 349 Å². The highest BCUT2D eigenvalue weighted by molar-refractivity contribution is 5.98. The van der Waals surface area contributed by atoms with Gasteiger partial charge >= 0.3 is 0 Å². The number of hydrogen-bond donors (Lipinski definition) is 10. The van der Waals surface area contributed by atoms with Crippen molar-refractivity contribution in [3.05, 3.63) is 0 Å². The zero-order valence-corrected chi connectivity index (χ0v) is 44.0. The SMILES string of the molecule is CCC[C@H](NC(=O)[C@@H](NC(=O)[C@H](NC(=O)[C@@H](NC(=O)CNC(=O)CN(C)C(C)=O)C(C)C)[C@@H](C)CC)[C@@H](C)O)C(=O)N[C@H](C(=O)N(C)[C@@H](CCCN=C(N)N)C(=O)N1CCC[C@H]1C(=O)NCC)[C@@H](C)CC. The summed E-state index contributed by atoms with van der Waals surface area (Å²) in [4.78, 5) is 142. The monoisotopic (exact) mass is 1010 g/mol. The first-order chi connectivity index (χ1) is 33.3. The van der Waals surface area contributed by atoms with Gasteiger partial charge in [0.2, 0.25) is 59.1 Å². The molecule has 0 aromatic rings. The fourth-order valence-electron chi connectivity index (χ4n) is 7.81. The van der Waals surface area contributed by atoms with Gasteiger partial charge in [0.05, 0.1) is 19.2 Å². The number of rotatable bonds is 30. The van der Waals surface area contributed by atoms with E-state index in [-0.39, 0.29) is 43.7 Å². The molecule has 0 aromatic carbocycles. The van der Waals surface area contributed by atoms with Gasteiger partial charge in [-0.2, -0.15) is 0 Å². The molecule has 10 amide bonds. The number of amides is 10. The first-order valence-corrected chi connectivity index (χ1v) is 24.8. The summed E-state index contributed by atoms with van der Waals surface area (Å²) in [6.45, 7) is 16.6. The number of hydrogen-bond acceptors (Lipinski definition) is 12. The average molecular weight is 1010 g/mol. The molecule has 10 atom stereocenters. The molecule has 0 spiro atoms. The van der Waals surface area contributed by atoms with Crippen LogP contribution in [0.3, 0.4) is 0 Å². The number of nitrogens with one attached hydrogen (secondary N) is 7. The van der Waals surface area contributed by atoms with Crippen molar-refractivity contribution in [3.8, 4) is 0 Å². The lowest BCUT2D eigenvalue weighted by atomic mass is 9.95. The van der Waals surface area contributed by atoms with Gasteiger partial charge in [0.25, 0.3) is 0 Å². The quantitative estimate of drug-likeness (QED) is 0.0211. The van der Waals surface area contributed by atoms with Crippen LogP contribution in [0.25, 0.3) is 0 Å². The molecule has 1 saturated heterocycles. The maximum absolute atomic E-state index is 14.5. The molecule has 0 saturated carbocycles. The molecule has 0 bridgehead atoms. The summed E-state index contributed by atoms with van der Waals surface area (Å²) in [5.74, 6) is -7.80. The molecular weight excluding hydrogens is 923 g/mol. The van der Waals surface area contributed by atoms with Crippen molar-refractivity contribution >= 4 is 65.0 Å². The summed E-state index contributed by atoms with van der Waals surface area (Å²) in [5, 5.41) is 29.2. The van der Waals surface area contributed by atoms with Crippen molar-refractivity contribution in [2.24, 2.45) is 34.2 Å². The van der Waals surface area contributed by atoms with Gasteiger partial charge in [-0.05, 0) is 63.7 Å². The Labute approximate surface area is 419 Å². The zero-order valence-electron chi connectivity index (χ0n) is 44.0. The van der Waals surface area contributed by atoms with Gasteiger partial charge < -0.3 is 68.5 Å². The second-order valence-electron chi connectivity index (χ2n) is 18.8. The Morgan fingerprint density at radius 3 is 1.82 bits per heavy atom. The molecule has 1 rings (SSSR count). The number of nitrogens with zero attached hydrogens (tertiary/aromatic N) is 4. The number of aliphatic hydroxyl groups is 1. The molecule has 1 aliphatic heterocycles. The highest BCUT2D eigenvalue weighted by Crippen LogP contribution is 2.23. The van der Waals surface area contributed by atoms with Crippen molar-refractivity contribution in [1.82, 2.24) is 51.9 Å². The Balaban J connectivity index is 3.36. The second kappa shape index (κ2) is 31.3. The predicted octanol–water partition coefficient (Wildman–Crippen LogP) is -2.06. The Bertz CT molecular complexity index is 1860. The molecule has 1 aliphatic rings. The Morgan fingerprint density at radius 1 is 0.718 bits per heavy atom. The molecule has 71 heavy (non-hydrogen) atoms. The lowest BCUT2D eigenvalue weighted by Gasteiger charge is -2.36. The van der Waals surface area contributed by atoms with Gasteiger partial charge in [0.1, 0.15) is 42.3 Å². The van der Waals surface area contributed by atoms with E-state index in [9.17, 15) is 53.1 Å². The number of aliphatic imine (C=N–C) groups is 1. The van der Waals surface area contributed by atoms with Crippen LogP contribution in [-0.2, 0) is 47.9 Å². The number of carbonyl (C=O) groups is 10. The van der Waals surface area contributed by atoms with Gasteiger partial charge in [-0.3, -0.25) is 52.9 Å². The molecule has 0 unspecified atom stereocenters. The van der Waals surface area contributed by atoms with E-state index in [2.05, 4.69) is 42.2 Å². The third kappa shape index (κ3) is 20.3. The number of guanidine groups is 1. The fraction of sp³-hybridized carbons (Fsp3) is 0.766. The molecule has 1 fully saturated rings. The van der Waals surface area contributed by atoms with E-state index < -0.39 is 120 Å². The van der Waals surface area contributed by atoms with Crippen molar-refractivity contribution in [1.29, 1.82) is 0 Å². The van der Waals surface area contributed by atoms with Crippen LogP contribution in [0.15, 0.2) is 4.99 Å². The number of likely N-dealkylation sites (N-methyl/N-ethyl adjacent to an activating group) is 3. The number of likely N-dealkylation sites (tertiary alicyclic amines) is 1. The van der Waals surface area contributed by atoms with E-state index in [0.717, 1.165) is 4.90 Å². The second-order valence-corrected chi connectivity index (χ2v) is 18.8. The van der Waals surface area contributed by atoms with E-state index in [1.165, 1.54) is 37.7 Å². The maximum atomic E-state index is 14.5. The lowest BCUT2D eigenvalue weighted by Crippen LogP contribution is -2.63. The minimum Gasteiger partial charge on any atom is -0.391 e. The smallest absolute Gasteiger partial charge is 0.246 e. The van der Waals surface area contributed by atoms with Crippen LogP contribution in [-0.4, -0.2) is 180 Å². The van der Waals surface area contributed by atoms with Crippen LogP contribution in [0.4, 0.5) is 0 Å². The molecule has 404 valence electrons. The first-order valence-electron chi connectivity index (χ1n) is 24.8.